The summed E-state index contributed by atoms with van der Waals surface area (Å²) in [5.74, 6) is -5.58. The van der Waals surface area contributed by atoms with E-state index in [1.54, 1.807) is 0 Å². The van der Waals surface area contributed by atoms with Crippen molar-refractivity contribution in [3.8, 4) is 0 Å². The molecule has 1 N–H and O–H groups in total. The quantitative estimate of drug-likeness (QED) is 0.468. The highest BCUT2D eigenvalue weighted by Gasteiger charge is 2.32. The van der Waals surface area contributed by atoms with Gasteiger partial charge in [-0.05, 0) is 6.07 Å². The number of halogens is 2. The Hall–Kier alpha value is -2.91. The number of carbonyl (C=O) groups excluding carboxylic acids is 3. The van der Waals surface area contributed by atoms with E-state index in [0.29, 0.717) is 11.0 Å². The molecule has 1 heterocycles. The zero-order valence-corrected chi connectivity index (χ0v) is 10.3. The number of benzene rings is 1. The van der Waals surface area contributed by atoms with Crippen molar-refractivity contribution in [2.75, 3.05) is 13.1 Å². The number of imide groups is 1. The number of hydrogen-bond acceptors (Lipinski definition) is 5. The van der Waals surface area contributed by atoms with E-state index in [9.17, 15) is 33.3 Å². The van der Waals surface area contributed by atoms with Crippen LogP contribution < -0.4 is 5.32 Å². The first-order valence-electron chi connectivity index (χ1n) is 5.55. The summed E-state index contributed by atoms with van der Waals surface area (Å²) in [4.78, 5) is 44.9. The van der Waals surface area contributed by atoms with Crippen molar-refractivity contribution in [1.82, 2.24) is 10.2 Å². The molecule has 8 nitrogen and oxygen atoms in total. The van der Waals surface area contributed by atoms with Crippen LogP contribution in [0, 0.1) is 21.7 Å². The molecule has 10 heteroatoms. The predicted octanol–water partition coefficient (Wildman–Crippen LogP) is -0.0284. The number of carbonyl (C=O) groups is 3. The normalized spacial score (nSPS) is 14.9. The van der Waals surface area contributed by atoms with E-state index < -0.39 is 58.6 Å². The molecule has 0 atom stereocenters. The Morgan fingerprint density at radius 2 is 1.71 bits per heavy atom. The van der Waals surface area contributed by atoms with Gasteiger partial charge >= 0.3 is 0 Å². The maximum atomic E-state index is 13.2. The lowest BCUT2D eigenvalue weighted by Gasteiger charge is -2.25. The molecule has 1 aliphatic heterocycles. The summed E-state index contributed by atoms with van der Waals surface area (Å²) >= 11 is 0. The van der Waals surface area contributed by atoms with E-state index in [-0.39, 0.29) is 6.07 Å². The van der Waals surface area contributed by atoms with Gasteiger partial charge in [-0.3, -0.25) is 29.8 Å². The standard InChI is InChI=1S/C11H7F2N3O5/c12-6-1-5(8(16(20)21)2-7(6)13)11(19)15-3-9(17)14-10(18)4-15/h1-2H,3-4H2,(H,14,17,18). The second-order valence-corrected chi connectivity index (χ2v) is 4.17. The molecule has 0 radical (unpaired) electrons. The molecule has 0 aromatic heterocycles. The number of nitro groups is 1. The summed E-state index contributed by atoms with van der Waals surface area (Å²) in [5.41, 5.74) is -1.68. The van der Waals surface area contributed by atoms with Crippen LogP contribution in [0.15, 0.2) is 12.1 Å². The van der Waals surface area contributed by atoms with Gasteiger partial charge in [0, 0.05) is 0 Å². The van der Waals surface area contributed by atoms with Crippen LogP contribution in [0.5, 0.6) is 0 Å². The van der Waals surface area contributed by atoms with E-state index in [0.717, 1.165) is 0 Å². The van der Waals surface area contributed by atoms with Gasteiger partial charge in [-0.2, -0.15) is 0 Å². The Morgan fingerprint density at radius 1 is 1.19 bits per heavy atom. The molecular weight excluding hydrogens is 292 g/mol. The van der Waals surface area contributed by atoms with Gasteiger partial charge in [0.15, 0.2) is 11.6 Å². The van der Waals surface area contributed by atoms with E-state index >= 15 is 0 Å². The third kappa shape index (κ3) is 2.83. The molecule has 110 valence electrons. The molecule has 0 aliphatic carbocycles. The second kappa shape index (κ2) is 5.23. The highest BCUT2D eigenvalue weighted by Crippen LogP contribution is 2.24. The number of hydrogen-bond donors (Lipinski definition) is 1. The van der Waals surface area contributed by atoms with Crippen LogP contribution in [0.4, 0.5) is 14.5 Å². The molecule has 1 aliphatic rings. The van der Waals surface area contributed by atoms with Gasteiger partial charge in [0.1, 0.15) is 18.7 Å². The first kappa shape index (κ1) is 14.5. The van der Waals surface area contributed by atoms with Crippen LogP contribution in [0.2, 0.25) is 0 Å². The van der Waals surface area contributed by atoms with E-state index in [2.05, 4.69) is 0 Å². The summed E-state index contributed by atoms with van der Waals surface area (Å²) < 4.78 is 26.2. The Kier molecular flexibility index (Phi) is 3.61. The number of nitro benzene ring substituents is 1. The smallest absolute Gasteiger partial charge is 0.285 e. The van der Waals surface area contributed by atoms with E-state index in [1.807, 2.05) is 5.32 Å². The molecule has 1 fully saturated rings. The lowest BCUT2D eigenvalue weighted by molar-refractivity contribution is -0.385. The van der Waals surface area contributed by atoms with Crippen molar-refractivity contribution in [2.24, 2.45) is 0 Å². The lowest BCUT2D eigenvalue weighted by atomic mass is 10.1. The SMILES string of the molecule is O=C1CN(C(=O)c2cc(F)c(F)cc2[N+](=O)[O-])CC(=O)N1. The largest absolute Gasteiger partial charge is 0.320 e. The third-order valence-electron chi connectivity index (χ3n) is 2.70. The van der Waals surface area contributed by atoms with Gasteiger partial charge < -0.3 is 4.90 Å². The zero-order chi connectivity index (χ0) is 15.7. The Labute approximate surface area is 115 Å². The minimum atomic E-state index is -1.48. The molecule has 21 heavy (non-hydrogen) atoms. The van der Waals surface area contributed by atoms with Crippen LogP contribution in [-0.2, 0) is 9.59 Å². The maximum absolute atomic E-state index is 13.2. The number of piperazine rings is 1. The molecule has 3 amide bonds. The third-order valence-corrected chi connectivity index (χ3v) is 2.70. The minimum absolute atomic E-state index is 0.272. The molecule has 0 saturated carbocycles. The minimum Gasteiger partial charge on any atom is -0.320 e. The van der Waals surface area contributed by atoms with Crippen LogP contribution >= 0.6 is 0 Å². The van der Waals surface area contributed by atoms with Crippen molar-refractivity contribution in [1.29, 1.82) is 0 Å². The van der Waals surface area contributed by atoms with Crippen molar-refractivity contribution in [3.63, 3.8) is 0 Å². The maximum Gasteiger partial charge on any atom is 0.285 e. The van der Waals surface area contributed by atoms with Gasteiger partial charge in [-0.1, -0.05) is 0 Å². The van der Waals surface area contributed by atoms with Gasteiger partial charge in [0.25, 0.3) is 11.6 Å². The second-order valence-electron chi connectivity index (χ2n) is 4.17. The molecule has 2 rings (SSSR count). The van der Waals surface area contributed by atoms with Crippen LogP contribution in [0.3, 0.4) is 0 Å². The summed E-state index contributed by atoms with van der Waals surface area (Å²) in [6.07, 6.45) is 0. The number of rotatable bonds is 2. The molecule has 1 saturated heterocycles. The van der Waals surface area contributed by atoms with Crippen molar-refractivity contribution < 1.29 is 28.1 Å². The van der Waals surface area contributed by atoms with E-state index in [4.69, 9.17) is 0 Å². The summed E-state index contributed by atoms with van der Waals surface area (Å²) in [5, 5.41) is 12.7. The van der Waals surface area contributed by atoms with Crippen molar-refractivity contribution >= 4 is 23.4 Å². The van der Waals surface area contributed by atoms with Gasteiger partial charge in [0.05, 0.1) is 11.0 Å². The summed E-state index contributed by atoms with van der Waals surface area (Å²) in [6, 6.07) is 0.640. The van der Waals surface area contributed by atoms with Crippen LogP contribution in [-0.4, -0.2) is 40.6 Å². The van der Waals surface area contributed by atoms with E-state index in [1.165, 1.54) is 0 Å². The van der Waals surface area contributed by atoms with Gasteiger partial charge in [-0.25, -0.2) is 8.78 Å². The molecule has 1 aromatic rings. The number of nitrogens with zero attached hydrogens (tertiary/aromatic N) is 2. The fourth-order valence-electron chi connectivity index (χ4n) is 1.81. The lowest BCUT2D eigenvalue weighted by Crippen LogP contribution is -2.53. The highest BCUT2D eigenvalue weighted by molar-refractivity contribution is 6.07. The molecule has 1 aromatic carbocycles. The Morgan fingerprint density at radius 3 is 2.24 bits per heavy atom. The Balaban J connectivity index is 2.43. The number of nitrogens with one attached hydrogen (secondary N) is 1. The van der Waals surface area contributed by atoms with Gasteiger partial charge in [-0.15, -0.1) is 0 Å². The van der Waals surface area contributed by atoms with Crippen LogP contribution in [0.25, 0.3) is 0 Å². The first-order chi connectivity index (χ1) is 9.79. The molecule has 0 bridgehead atoms. The average Bonchev–Trinajstić information content (AvgIpc) is 2.39. The summed E-state index contributed by atoms with van der Waals surface area (Å²) in [7, 11) is 0. The van der Waals surface area contributed by atoms with Crippen molar-refractivity contribution in [3.05, 3.63) is 39.4 Å². The highest BCUT2D eigenvalue weighted by atomic mass is 19.2. The number of amides is 3. The molecule has 0 spiro atoms. The Bertz CT molecular complexity index is 660. The monoisotopic (exact) mass is 299 g/mol. The average molecular weight is 299 g/mol. The topological polar surface area (TPSA) is 110 Å². The van der Waals surface area contributed by atoms with Crippen LogP contribution in [0.1, 0.15) is 10.4 Å². The molecular formula is C11H7F2N3O5. The van der Waals surface area contributed by atoms with Gasteiger partial charge in [0.2, 0.25) is 11.8 Å². The predicted molar refractivity (Wildman–Crippen MR) is 62.1 cm³/mol. The first-order valence-corrected chi connectivity index (χ1v) is 5.55. The fourth-order valence-corrected chi connectivity index (χ4v) is 1.81. The summed E-state index contributed by atoms with van der Waals surface area (Å²) in [6.45, 7) is -1.03. The fraction of sp³-hybridized carbons (Fsp3) is 0.182. The molecule has 0 unspecified atom stereocenters. The zero-order valence-electron chi connectivity index (χ0n) is 10.3. The van der Waals surface area contributed by atoms with Crippen molar-refractivity contribution in [2.45, 2.75) is 0 Å².